The van der Waals surface area contributed by atoms with E-state index in [9.17, 15) is 22.8 Å². The van der Waals surface area contributed by atoms with Crippen LogP contribution in [-0.2, 0) is 20.4 Å². The van der Waals surface area contributed by atoms with Gasteiger partial charge in [-0.15, -0.1) is 0 Å². The largest absolute Gasteiger partial charge is 0.460 e. The summed E-state index contributed by atoms with van der Waals surface area (Å²) in [7, 11) is 1.51. The van der Waals surface area contributed by atoms with Gasteiger partial charge in [-0.05, 0) is 62.0 Å². The quantitative estimate of drug-likeness (QED) is 0.297. The van der Waals surface area contributed by atoms with Crippen LogP contribution in [0.5, 0.6) is 0 Å². The first-order valence-electron chi connectivity index (χ1n) is 11.1. The number of amides is 1. The number of esters is 1. The first kappa shape index (κ1) is 27.2. The molecule has 1 aliphatic heterocycles. The number of nitrogens with one attached hydrogen (secondary N) is 2. The number of methoxy groups -OCH3 is 1. The fraction of sp³-hybridized carbons (Fsp3) is 0.320. The number of rotatable bonds is 8. The lowest BCUT2D eigenvalue weighted by Gasteiger charge is -2.37. The van der Waals surface area contributed by atoms with Crippen LogP contribution < -0.4 is 10.6 Å². The Labute approximate surface area is 212 Å². The molecule has 3 rings (SSSR count). The fourth-order valence-electron chi connectivity index (χ4n) is 3.77. The number of alkyl halides is 3. The summed E-state index contributed by atoms with van der Waals surface area (Å²) in [5, 5.41) is 6.21. The molecule has 2 aromatic carbocycles. The Kier molecular flexibility index (Phi) is 8.70. The molecule has 36 heavy (non-hydrogen) atoms. The molecular weight excluding hydrogens is 495 g/mol. The summed E-state index contributed by atoms with van der Waals surface area (Å²) in [6, 6.07) is 10.2. The minimum absolute atomic E-state index is 0.0932. The Morgan fingerprint density at radius 1 is 1.14 bits per heavy atom. The van der Waals surface area contributed by atoms with Crippen molar-refractivity contribution in [3.63, 3.8) is 0 Å². The van der Waals surface area contributed by atoms with Crippen molar-refractivity contribution in [2.75, 3.05) is 32.2 Å². The van der Waals surface area contributed by atoms with E-state index in [1.807, 2.05) is 6.92 Å². The van der Waals surface area contributed by atoms with Gasteiger partial charge in [0.1, 0.15) is 6.61 Å². The third-order valence-electron chi connectivity index (χ3n) is 5.61. The van der Waals surface area contributed by atoms with Crippen molar-refractivity contribution >= 4 is 34.9 Å². The second-order valence-electron chi connectivity index (χ2n) is 7.91. The van der Waals surface area contributed by atoms with Crippen LogP contribution in [-0.4, -0.2) is 48.8 Å². The van der Waals surface area contributed by atoms with Crippen LogP contribution in [0.2, 0.25) is 0 Å². The number of thiocarbonyl (C=S) groups is 1. The van der Waals surface area contributed by atoms with E-state index in [-0.39, 0.29) is 18.8 Å². The van der Waals surface area contributed by atoms with Crippen molar-refractivity contribution in [1.82, 2.24) is 10.2 Å². The number of nitrogens with zero attached hydrogens (tertiary/aromatic N) is 1. The van der Waals surface area contributed by atoms with Gasteiger partial charge < -0.3 is 25.0 Å². The smallest absolute Gasteiger partial charge is 0.416 e. The minimum Gasteiger partial charge on any atom is -0.460 e. The molecule has 11 heteroatoms. The maximum absolute atomic E-state index is 13.0. The molecule has 7 nitrogen and oxygen atoms in total. The van der Waals surface area contributed by atoms with E-state index in [2.05, 4.69) is 10.6 Å². The normalized spacial score (nSPS) is 16.0. The van der Waals surface area contributed by atoms with Gasteiger partial charge in [-0.2, -0.15) is 13.2 Å². The summed E-state index contributed by atoms with van der Waals surface area (Å²) in [5.41, 5.74) is 1.09. The van der Waals surface area contributed by atoms with E-state index in [0.29, 0.717) is 34.2 Å². The molecule has 0 saturated heterocycles. The molecule has 1 atom stereocenters. The van der Waals surface area contributed by atoms with Gasteiger partial charge in [-0.25, -0.2) is 4.79 Å². The molecule has 0 spiro atoms. The van der Waals surface area contributed by atoms with Gasteiger partial charge in [0.15, 0.2) is 5.11 Å². The number of allylic oxidation sites excluding steroid dienone is 1. The summed E-state index contributed by atoms with van der Waals surface area (Å²) in [5.74, 6) is -1.19. The molecule has 0 saturated carbocycles. The molecular formula is C25H26F3N3O4S. The van der Waals surface area contributed by atoms with E-state index < -0.39 is 29.7 Å². The summed E-state index contributed by atoms with van der Waals surface area (Å²) in [6.07, 6.45) is -4.55. The molecule has 192 valence electrons. The zero-order chi connectivity index (χ0) is 26.5. The van der Waals surface area contributed by atoms with Crippen molar-refractivity contribution in [1.29, 1.82) is 0 Å². The summed E-state index contributed by atoms with van der Waals surface area (Å²) < 4.78 is 49.2. The van der Waals surface area contributed by atoms with Crippen LogP contribution in [0.3, 0.4) is 0 Å². The zero-order valence-electron chi connectivity index (χ0n) is 19.9. The van der Waals surface area contributed by atoms with Gasteiger partial charge in [-0.1, -0.05) is 18.2 Å². The third kappa shape index (κ3) is 6.21. The summed E-state index contributed by atoms with van der Waals surface area (Å²) >= 11 is 5.47. The minimum atomic E-state index is -4.55. The lowest BCUT2D eigenvalue weighted by atomic mass is 9.95. The van der Waals surface area contributed by atoms with Gasteiger partial charge in [0.05, 0.1) is 23.8 Å². The molecule has 0 radical (unpaired) electrons. The summed E-state index contributed by atoms with van der Waals surface area (Å²) in [4.78, 5) is 27.2. The molecule has 0 aromatic heterocycles. The average molecular weight is 522 g/mol. The van der Waals surface area contributed by atoms with Crippen molar-refractivity contribution in [2.45, 2.75) is 26.1 Å². The van der Waals surface area contributed by atoms with Gasteiger partial charge in [0.25, 0.3) is 5.91 Å². The predicted molar refractivity (Wildman–Crippen MR) is 132 cm³/mol. The third-order valence-corrected chi connectivity index (χ3v) is 5.95. The Morgan fingerprint density at radius 2 is 1.83 bits per heavy atom. The fourth-order valence-corrected chi connectivity index (χ4v) is 4.15. The Bertz CT molecular complexity index is 1170. The number of carbonyl (C=O) groups excluding carboxylic acids is 2. The summed E-state index contributed by atoms with van der Waals surface area (Å²) in [6.45, 7) is 4.61. The molecule has 0 aliphatic carbocycles. The Morgan fingerprint density at radius 3 is 2.44 bits per heavy atom. The SMILES string of the molecule is CCN1C(=S)N[C@@H](c2ccc(NC(=O)c3cccc(C(F)(F)F)c3)cc2)C(C(=O)OCCOC)=C1C. The van der Waals surface area contributed by atoms with Crippen LogP contribution in [0.15, 0.2) is 59.8 Å². The number of hydrogen-bond acceptors (Lipinski definition) is 5. The van der Waals surface area contributed by atoms with E-state index >= 15 is 0 Å². The van der Waals surface area contributed by atoms with Crippen molar-refractivity contribution in [3.8, 4) is 0 Å². The van der Waals surface area contributed by atoms with Crippen LogP contribution >= 0.6 is 12.2 Å². The number of ether oxygens (including phenoxy) is 2. The number of benzene rings is 2. The lowest BCUT2D eigenvalue weighted by Crippen LogP contribution is -2.47. The van der Waals surface area contributed by atoms with E-state index in [0.717, 1.165) is 12.1 Å². The molecule has 2 N–H and O–H groups in total. The maximum atomic E-state index is 13.0. The van der Waals surface area contributed by atoms with E-state index in [4.69, 9.17) is 21.7 Å². The van der Waals surface area contributed by atoms with Crippen LogP contribution in [0.4, 0.5) is 18.9 Å². The van der Waals surface area contributed by atoms with Crippen molar-refractivity contribution in [3.05, 3.63) is 76.5 Å². The van der Waals surface area contributed by atoms with Crippen molar-refractivity contribution in [2.24, 2.45) is 0 Å². The number of halogens is 3. The van der Waals surface area contributed by atoms with Crippen LogP contribution in [0, 0.1) is 0 Å². The van der Waals surface area contributed by atoms with E-state index in [1.54, 1.807) is 36.1 Å². The molecule has 2 aromatic rings. The molecule has 0 unspecified atom stereocenters. The Balaban J connectivity index is 1.82. The van der Waals surface area contributed by atoms with Gasteiger partial charge in [0.2, 0.25) is 0 Å². The van der Waals surface area contributed by atoms with Crippen LogP contribution in [0.25, 0.3) is 0 Å². The average Bonchev–Trinajstić information content (AvgIpc) is 2.84. The second-order valence-corrected chi connectivity index (χ2v) is 8.30. The van der Waals surface area contributed by atoms with Gasteiger partial charge in [-0.3, -0.25) is 4.79 Å². The second kappa shape index (κ2) is 11.5. The highest BCUT2D eigenvalue weighted by molar-refractivity contribution is 7.80. The Hall–Kier alpha value is -3.44. The molecule has 0 bridgehead atoms. The molecule has 1 amide bonds. The zero-order valence-corrected chi connectivity index (χ0v) is 20.8. The number of anilines is 1. The topological polar surface area (TPSA) is 79.9 Å². The standard InChI is InChI=1S/C25H26F3N3O4S/c1-4-31-15(2)20(23(33)35-13-12-34-3)21(30-24(31)36)16-8-10-19(11-9-16)29-22(32)17-6-5-7-18(14-17)25(26,27)28/h5-11,14,21H,4,12-13H2,1-3H3,(H,29,32)(H,30,36)/t21-/m0/s1. The highest BCUT2D eigenvalue weighted by Crippen LogP contribution is 2.32. The maximum Gasteiger partial charge on any atom is 0.416 e. The first-order chi connectivity index (χ1) is 17.1. The van der Waals surface area contributed by atoms with Gasteiger partial charge in [0, 0.05) is 30.6 Å². The first-order valence-corrected chi connectivity index (χ1v) is 11.5. The monoisotopic (exact) mass is 521 g/mol. The number of hydrogen-bond donors (Lipinski definition) is 2. The molecule has 0 fully saturated rings. The number of carbonyl (C=O) groups is 2. The predicted octanol–water partition coefficient (Wildman–Crippen LogP) is 4.67. The lowest BCUT2D eigenvalue weighted by molar-refractivity contribution is -0.141. The van der Waals surface area contributed by atoms with Crippen molar-refractivity contribution < 1.29 is 32.2 Å². The van der Waals surface area contributed by atoms with Crippen LogP contribution in [0.1, 0.15) is 41.4 Å². The molecule has 1 heterocycles. The molecule has 1 aliphatic rings. The highest BCUT2D eigenvalue weighted by Gasteiger charge is 2.34. The highest BCUT2D eigenvalue weighted by atomic mass is 32.1. The van der Waals surface area contributed by atoms with Gasteiger partial charge >= 0.3 is 12.1 Å². The van der Waals surface area contributed by atoms with E-state index in [1.165, 1.54) is 19.2 Å².